The van der Waals surface area contributed by atoms with Crippen molar-refractivity contribution in [1.29, 1.82) is 0 Å². The molecule has 28 heavy (non-hydrogen) atoms. The van der Waals surface area contributed by atoms with Crippen molar-refractivity contribution in [2.75, 3.05) is 26.6 Å². The molecule has 0 atom stereocenters. The summed E-state index contributed by atoms with van der Waals surface area (Å²) >= 11 is 0. The Kier molecular flexibility index (Phi) is 5.64. The van der Waals surface area contributed by atoms with Gasteiger partial charge < -0.3 is 24.5 Å². The highest BCUT2D eigenvalue weighted by Gasteiger charge is 2.19. The summed E-state index contributed by atoms with van der Waals surface area (Å²) in [6.07, 6.45) is 0. The molecular formula is C21H20N2O5. The number of methoxy groups -OCH3 is 3. The van der Waals surface area contributed by atoms with Crippen LogP contribution in [0.25, 0.3) is 11.3 Å². The first kappa shape index (κ1) is 19.0. The van der Waals surface area contributed by atoms with E-state index in [0.29, 0.717) is 28.6 Å². The minimum absolute atomic E-state index is 0.0171. The first-order chi connectivity index (χ1) is 13.6. The number of anilines is 1. The van der Waals surface area contributed by atoms with E-state index < -0.39 is 11.5 Å². The average molecular weight is 380 g/mol. The van der Waals surface area contributed by atoms with E-state index >= 15 is 0 Å². The van der Waals surface area contributed by atoms with Crippen LogP contribution >= 0.6 is 0 Å². The molecule has 3 rings (SSSR count). The first-order valence-electron chi connectivity index (χ1n) is 8.48. The van der Waals surface area contributed by atoms with Gasteiger partial charge in [0.25, 0.3) is 11.5 Å². The standard InChI is InChI=1S/C21H20N2O5/c1-26-17-12-11-16(18(27-2)19(17)28-3)23-21(25)14-9-10-15(22-20(14)24)13-7-5-4-6-8-13/h4-12H,1-3H3,(H,22,24)(H,23,25). The molecule has 144 valence electrons. The average Bonchev–Trinajstić information content (AvgIpc) is 2.73. The van der Waals surface area contributed by atoms with Crippen LogP contribution in [0.3, 0.4) is 0 Å². The van der Waals surface area contributed by atoms with Gasteiger partial charge in [0.05, 0.1) is 27.0 Å². The van der Waals surface area contributed by atoms with Crippen LogP contribution in [0.1, 0.15) is 10.4 Å². The maximum atomic E-state index is 12.6. The van der Waals surface area contributed by atoms with Crippen LogP contribution in [0, 0.1) is 0 Å². The molecule has 0 spiro atoms. The van der Waals surface area contributed by atoms with Crippen molar-refractivity contribution in [1.82, 2.24) is 4.98 Å². The van der Waals surface area contributed by atoms with E-state index in [1.165, 1.54) is 27.4 Å². The van der Waals surface area contributed by atoms with Crippen molar-refractivity contribution >= 4 is 11.6 Å². The number of nitrogens with one attached hydrogen (secondary N) is 2. The number of ether oxygens (including phenoxy) is 3. The summed E-state index contributed by atoms with van der Waals surface area (Å²) in [7, 11) is 4.43. The number of benzene rings is 2. The summed E-state index contributed by atoms with van der Waals surface area (Å²) in [5, 5.41) is 2.68. The number of carbonyl (C=O) groups is 1. The lowest BCUT2D eigenvalue weighted by atomic mass is 10.1. The maximum Gasteiger partial charge on any atom is 0.261 e. The van der Waals surface area contributed by atoms with Gasteiger partial charge in [0.1, 0.15) is 5.56 Å². The Morgan fingerprint density at radius 2 is 1.57 bits per heavy atom. The van der Waals surface area contributed by atoms with E-state index in [9.17, 15) is 9.59 Å². The number of hydrogen-bond donors (Lipinski definition) is 2. The van der Waals surface area contributed by atoms with Gasteiger partial charge in [0.15, 0.2) is 11.5 Å². The highest BCUT2D eigenvalue weighted by atomic mass is 16.5. The molecule has 1 amide bonds. The van der Waals surface area contributed by atoms with E-state index in [2.05, 4.69) is 10.3 Å². The predicted molar refractivity (Wildman–Crippen MR) is 107 cm³/mol. The number of aromatic nitrogens is 1. The van der Waals surface area contributed by atoms with Crippen molar-refractivity contribution in [3.05, 3.63) is 70.5 Å². The number of aromatic amines is 1. The van der Waals surface area contributed by atoms with E-state index in [1.54, 1.807) is 18.2 Å². The van der Waals surface area contributed by atoms with Crippen LogP contribution in [-0.4, -0.2) is 32.2 Å². The fraction of sp³-hybridized carbons (Fsp3) is 0.143. The van der Waals surface area contributed by atoms with E-state index in [-0.39, 0.29) is 5.56 Å². The normalized spacial score (nSPS) is 10.2. The molecule has 0 bridgehead atoms. The van der Waals surface area contributed by atoms with E-state index in [0.717, 1.165) is 5.56 Å². The molecule has 0 saturated carbocycles. The van der Waals surface area contributed by atoms with Gasteiger partial charge in [0, 0.05) is 5.69 Å². The van der Waals surface area contributed by atoms with Crippen molar-refractivity contribution in [3.8, 4) is 28.5 Å². The number of rotatable bonds is 6. The molecule has 7 heteroatoms. The fourth-order valence-electron chi connectivity index (χ4n) is 2.83. The molecule has 0 fully saturated rings. The lowest BCUT2D eigenvalue weighted by molar-refractivity contribution is 0.102. The molecule has 0 radical (unpaired) electrons. The molecule has 0 unspecified atom stereocenters. The topological polar surface area (TPSA) is 89.7 Å². The van der Waals surface area contributed by atoms with Crippen LogP contribution in [0.2, 0.25) is 0 Å². The summed E-state index contributed by atoms with van der Waals surface area (Å²) in [6, 6.07) is 15.8. The quantitative estimate of drug-likeness (QED) is 0.685. The van der Waals surface area contributed by atoms with E-state index in [4.69, 9.17) is 14.2 Å². The van der Waals surface area contributed by atoms with Crippen LogP contribution in [0.4, 0.5) is 5.69 Å². The Balaban J connectivity index is 1.91. The Morgan fingerprint density at radius 3 is 2.18 bits per heavy atom. The number of pyridine rings is 1. The van der Waals surface area contributed by atoms with E-state index in [1.807, 2.05) is 30.3 Å². The smallest absolute Gasteiger partial charge is 0.261 e. The fourth-order valence-corrected chi connectivity index (χ4v) is 2.83. The third-order valence-corrected chi connectivity index (χ3v) is 4.19. The van der Waals surface area contributed by atoms with Gasteiger partial charge in [-0.1, -0.05) is 30.3 Å². The molecule has 0 saturated heterocycles. The monoisotopic (exact) mass is 380 g/mol. The number of carbonyl (C=O) groups excluding carboxylic acids is 1. The Labute approximate surface area is 161 Å². The van der Waals surface area contributed by atoms with Crippen LogP contribution in [-0.2, 0) is 0 Å². The molecule has 0 aliphatic rings. The SMILES string of the molecule is COc1ccc(NC(=O)c2ccc(-c3ccccc3)[nH]c2=O)c(OC)c1OC. The molecule has 2 N–H and O–H groups in total. The summed E-state index contributed by atoms with van der Waals surface area (Å²) < 4.78 is 15.9. The predicted octanol–water partition coefficient (Wildman–Crippen LogP) is 3.32. The highest BCUT2D eigenvalue weighted by Crippen LogP contribution is 2.42. The van der Waals surface area contributed by atoms with Gasteiger partial charge in [0.2, 0.25) is 5.75 Å². The molecule has 3 aromatic rings. The zero-order valence-corrected chi connectivity index (χ0v) is 15.7. The van der Waals surface area contributed by atoms with Crippen LogP contribution in [0.5, 0.6) is 17.2 Å². The molecule has 1 heterocycles. The summed E-state index contributed by atoms with van der Waals surface area (Å²) in [5.74, 6) is 0.539. The molecule has 0 aliphatic heterocycles. The van der Waals surface area contributed by atoms with Gasteiger partial charge in [-0.25, -0.2) is 0 Å². The number of H-pyrrole nitrogens is 1. The summed E-state index contributed by atoms with van der Waals surface area (Å²) in [6.45, 7) is 0. The lowest BCUT2D eigenvalue weighted by Gasteiger charge is -2.16. The molecule has 7 nitrogen and oxygen atoms in total. The van der Waals surface area contributed by atoms with Gasteiger partial charge >= 0.3 is 0 Å². The van der Waals surface area contributed by atoms with Crippen molar-refractivity contribution in [2.45, 2.75) is 0 Å². The van der Waals surface area contributed by atoms with Gasteiger partial charge in [-0.05, 0) is 29.8 Å². The molecular weight excluding hydrogens is 360 g/mol. The number of hydrogen-bond acceptors (Lipinski definition) is 5. The lowest BCUT2D eigenvalue weighted by Crippen LogP contribution is -2.23. The second kappa shape index (κ2) is 8.30. The minimum atomic E-state index is -0.564. The summed E-state index contributed by atoms with van der Waals surface area (Å²) in [4.78, 5) is 27.8. The minimum Gasteiger partial charge on any atom is -0.493 e. The number of amides is 1. The zero-order chi connectivity index (χ0) is 20.1. The van der Waals surface area contributed by atoms with Crippen LogP contribution in [0.15, 0.2) is 59.4 Å². The first-order valence-corrected chi connectivity index (χ1v) is 8.48. The summed E-state index contributed by atoms with van der Waals surface area (Å²) in [5.41, 5.74) is 1.34. The largest absolute Gasteiger partial charge is 0.493 e. The third kappa shape index (κ3) is 3.68. The third-order valence-electron chi connectivity index (χ3n) is 4.19. The Morgan fingerprint density at radius 1 is 0.857 bits per heavy atom. The molecule has 0 aliphatic carbocycles. The zero-order valence-electron chi connectivity index (χ0n) is 15.7. The van der Waals surface area contributed by atoms with Gasteiger partial charge in [-0.3, -0.25) is 9.59 Å². The van der Waals surface area contributed by atoms with Crippen molar-refractivity contribution in [3.63, 3.8) is 0 Å². The van der Waals surface area contributed by atoms with Crippen molar-refractivity contribution in [2.24, 2.45) is 0 Å². The van der Waals surface area contributed by atoms with Crippen LogP contribution < -0.4 is 25.1 Å². The molecule has 1 aromatic heterocycles. The maximum absolute atomic E-state index is 12.6. The second-order valence-electron chi connectivity index (χ2n) is 5.82. The van der Waals surface area contributed by atoms with Crippen molar-refractivity contribution < 1.29 is 19.0 Å². The highest BCUT2D eigenvalue weighted by molar-refractivity contribution is 6.05. The van der Waals surface area contributed by atoms with Gasteiger partial charge in [-0.15, -0.1) is 0 Å². The molecule has 2 aromatic carbocycles. The Bertz CT molecular complexity index is 1040. The second-order valence-corrected chi connectivity index (χ2v) is 5.82. The Hall–Kier alpha value is -3.74. The van der Waals surface area contributed by atoms with Gasteiger partial charge in [-0.2, -0.15) is 0 Å².